The molecule has 0 bridgehead atoms. The molecule has 686 valence electrons. The van der Waals surface area contributed by atoms with Gasteiger partial charge in [-0.2, -0.15) is 37.5 Å². The Hall–Kier alpha value is -11.5. The second-order valence-electron chi connectivity index (χ2n) is 31.8. The fourth-order valence-corrected chi connectivity index (χ4v) is 15.2. The van der Waals surface area contributed by atoms with Crippen LogP contribution in [0, 0.1) is 22.0 Å². The molecule has 10 aromatic rings. The summed E-state index contributed by atoms with van der Waals surface area (Å²) < 4.78 is 48.7. The van der Waals surface area contributed by atoms with Crippen molar-refractivity contribution < 1.29 is 138 Å². The van der Waals surface area contributed by atoms with Crippen LogP contribution in [0.4, 0.5) is 44.5 Å². The number of aliphatic hydroxyl groups is 5. The van der Waals surface area contributed by atoms with Crippen molar-refractivity contribution in [2.75, 3.05) is 48.7 Å². The third-order valence-corrected chi connectivity index (χ3v) is 22.3. The Labute approximate surface area is 766 Å². The van der Waals surface area contributed by atoms with Gasteiger partial charge in [0.25, 0.3) is 0 Å². The number of aromatic nitrogens is 10. The maximum atomic E-state index is 13.0. The minimum absolute atomic E-state index is 0. The summed E-state index contributed by atoms with van der Waals surface area (Å²) >= 11 is 0. The molecule has 0 radical (unpaired) electrons. The average molecular weight is 1800 g/mol. The van der Waals surface area contributed by atoms with Gasteiger partial charge in [0.05, 0.1) is 41.7 Å². The molecule has 10 atom stereocenters. The van der Waals surface area contributed by atoms with Crippen LogP contribution in [0.15, 0.2) is 146 Å². The van der Waals surface area contributed by atoms with E-state index in [0.717, 1.165) is 85.3 Å². The minimum atomic E-state index is -1.75. The van der Waals surface area contributed by atoms with Crippen LogP contribution >= 0.6 is 0 Å². The number of esters is 2. The maximum Gasteiger partial charge on any atom is 1.00 e. The molecule has 8 heterocycles. The summed E-state index contributed by atoms with van der Waals surface area (Å²) in [6.07, 6.45) is 0.941. The Morgan fingerprint density at radius 2 is 1.00 bits per heavy atom. The van der Waals surface area contributed by atoms with Crippen LogP contribution < -0.4 is 81.3 Å². The van der Waals surface area contributed by atoms with Gasteiger partial charge in [0, 0.05) is 112 Å². The standard InChI is InChI=1S/C46H57N9O10.C40H47N9O10.CH4O.CH3O.Na/c1-26(2)54-25-49-40-42(48-22-31-10-13-33(14-11-31)36-9-7-8-20-47-36)52-45(53-43(40)54)50-34-15-17-35(18-16-34)51-46(58)62-23-32-12-19-38(37(21-32)55(59)60)64-44-41(63-30(6)57)28(4)27(3)39(65-44)24-61-29(5)56;1-22(2)48-21-43-32-36(42-18-23-6-9-25(10-7-23)28-5-3-4-16-41-28)46-39(47-37(32)48)44-26-11-13-27(14-12-26)45-40(54)57-20-24-8-15-30(29(17-24)49(55)56)58-38-35(53)34(52)33(51)31(19-50)59-38;2*1-2;/h7-14,19-21,25-28,34-35,39,41,44,59-60H,15-18,22-24H2,1-6H3,(H,51,58)(H2,48,50,52,53);3-10,15-17,21-22,26-27,31,33-35,38,50-53H,11-14,18-20H2,1-2H3,(H,45,54)(H2,42,44,46,47);2H,1H3;1H3;/q;;;-1;+1/p+1/t27-,28+,34?,35?,39-,41-,44?;26?,27?,31-,33+,34+,35-,38?;;;/m11.../s1. The number of aliphatic hydroxyl groups excluding tert-OH is 5. The van der Waals surface area contributed by atoms with Gasteiger partial charge in [0.2, 0.25) is 30.2 Å². The number of anilines is 4. The van der Waals surface area contributed by atoms with E-state index in [0.29, 0.717) is 90.1 Å². The number of alkyl carbamates (subject to hydrolysis) is 2. The summed E-state index contributed by atoms with van der Waals surface area (Å²) in [7, 11) is 1.75. The molecule has 2 unspecified atom stereocenters. The molecule has 14 rings (SSSR count). The van der Waals surface area contributed by atoms with Crippen LogP contribution in [-0.4, -0.2) is 215 Å². The number of hydrogen-bond donors (Lipinski definition) is 14. The molecule has 4 aromatic carbocycles. The molecule has 2 aliphatic heterocycles. The number of imidazole rings is 2. The Morgan fingerprint density at radius 3 is 1.43 bits per heavy atom. The van der Waals surface area contributed by atoms with Crippen molar-refractivity contribution in [3.8, 4) is 34.0 Å². The zero-order valence-electron chi connectivity index (χ0n) is 73.7. The number of fused-ring (bicyclic) bond motifs is 2. The third-order valence-electron chi connectivity index (χ3n) is 22.3. The number of nitro groups is 1. The first-order valence-electron chi connectivity index (χ1n) is 42.2. The number of hydrogen-bond acceptors (Lipinski definition) is 34. The number of quaternary nitrogens is 1. The number of pyridine rings is 2. The predicted molar refractivity (Wildman–Crippen MR) is 463 cm³/mol. The fourth-order valence-electron chi connectivity index (χ4n) is 15.2. The van der Waals surface area contributed by atoms with Crippen LogP contribution in [0.25, 0.3) is 44.8 Å². The molecule has 40 nitrogen and oxygen atoms in total. The summed E-state index contributed by atoms with van der Waals surface area (Å²) in [5, 5.41) is 106. The number of carbonyl (C=O) groups excluding carboxylic acids is 4. The van der Waals surface area contributed by atoms with Crippen molar-refractivity contribution in [1.82, 2.24) is 59.6 Å². The van der Waals surface area contributed by atoms with Crippen LogP contribution in [0.1, 0.15) is 141 Å². The van der Waals surface area contributed by atoms with Crippen molar-refractivity contribution in [2.24, 2.45) is 11.8 Å². The van der Waals surface area contributed by atoms with Crippen molar-refractivity contribution in [2.45, 2.75) is 219 Å². The first-order valence-corrected chi connectivity index (χ1v) is 42.2. The molecule has 2 saturated heterocycles. The Morgan fingerprint density at radius 1 is 0.550 bits per heavy atom. The van der Waals surface area contributed by atoms with Crippen LogP contribution in [0.2, 0.25) is 0 Å². The molecule has 2 saturated carbocycles. The molecule has 41 heteroatoms. The van der Waals surface area contributed by atoms with Crippen LogP contribution in [0.5, 0.6) is 11.5 Å². The smallest absolute Gasteiger partial charge is 0.857 e. The van der Waals surface area contributed by atoms with Crippen molar-refractivity contribution in [1.29, 1.82) is 0 Å². The molecule has 4 aliphatic rings. The zero-order chi connectivity index (χ0) is 91.8. The van der Waals surface area contributed by atoms with Gasteiger partial charge >= 0.3 is 59.4 Å². The van der Waals surface area contributed by atoms with Gasteiger partial charge in [-0.05, 0) is 149 Å². The second-order valence-corrected chi connectivity index (χ2v) is 31.8. The molecule has 6 aromatic heterocycles. The van der Waals surface area contributed by atoms with E-state index >= 15 is 0 Å². The molecule has 129 heavy (non-hydrogen) atoms. The Kier molecular flexibility index (Phi) is 36.9. The number of benzene rings is 4. The first kappa shape index (κ1) is 99.7. The van der Waals surface area contributed by atoms with Gasteiger partial charge in [-0.15, -0.1) is 0 Å². The molecule has 0 spiro atoms. The van der Waals surface area contributed by atoms with Crippen molar-refractivity contribution in [3.05, 3.63) is 179 Å². The number of carbonyl (C=O) groups is 4. The Bertz CT molecular complexity index is 5280. The van der Waals surface area contributed by atoms with Gasteiger partial charge in [-0.1, -0.05) is 86.6 Å². The molecule has 14 N–H and O–H groups in total. The molecular formula is C88H112N18NaO22+. The molecule has 2 aliphatic carbocycles. The van der Waals surface area contributed by atoms with Gasteiger partial charge in [0.1, 0.15) is 44.2 Å². The number of nitro benzene ring substituents is 1. The van der Waals surface area contributed by atoms with E-state index in [4.69, 9.17) is 68.0 Å². The third kappa shape index (κ3) is 26.6. The van der Waals surface area contributed by atoms with Crippen LogP contribution in [0.3, 0.4) is 0 Å². The topological polar surface area (TPSA) is 540 Å². The van der Waals surface area contributed by atoms with Gasteiger partial charge in [-0.3, -0.25) is 29.7 Å². The summed E-state index contributed by atoms with van der Waals surface area (Å²) in [4.78, 5) is 98.0. The summed E-state index contributed by atoms with van der Waals surface area (Å²) in [6, 6.07) is 36.6. The molecule has 4 fully saturated rings. The number of nitrogens with one attached hydrogen (secondary N) is 7. The molecule has 2 amide bonds. The predicted octanol–water partition coefficient (Wildman–Crippen LogP) is 5.30. The van der Waals surface area contributed by atoms with Gasteiger partial charge in [0.15, 0.2) is 51.6 Å². The average Bonchev–Trinajstić information content (AvgIpc) is 1.58. The SMILES string of the molecule is CC(=O)OC[C@H]1OC(Oc2ccc(COC(=O)NC3CCC(Nc4nc(NCc5ccc(-c6ccccn6)cc5)c5ncn(C(C)C)c5n4)CC3)cc2[NH+](O)O)[C@H](OC(C)=O)[C@@H](C)[C@H]1C.CC(C)n1cnc2c(NCc3ccc(-c4ccccn4)cc3)nc(NC3CCC(NC(=O)OCc4ccc(OC5O[C@H](CO)[C@H](O)[C@H](O)[C@H]5O)c([N+](=O)[O-])c4)CC3)nc21.CO.C[O-].[Na+]. The van der Waals surface area contributed by atoms with Crippen LogP contribution in [-0.2, 0) is 64.3 Å². The van der Waals surface area contributed by atoms with E-state index in [1.807, 2.05) is 71.5 Å². The van der Waals surface area contributed by atoms with E-state index in [1.54, 1.807) is 31.1 Å². The molecular weight excluding hydrogens is 1680 g/mol. The second kappa shape index (κ2) is 47.7. The van der Waals surface area contributed by atoms with E-state index in [2.05, 4.69) is 116 Å². The van der Waals surface area contributed by atoms with Gasteiger partial charge in [-0.25, -0.2) is 19.6 Å². The summed E-state index contributed by atoms with van der Waals surface area (Å²) in [5.74, 6) is 0.460. The van der Waals surface area contributed by atoms with E-state index < -0.39 is 95.8 Å². The largest absolute Gasteiger partial charge is 1.00 e. The van der Waals surface area contributed by atoms with Gasteiger partial charge < -0.3 is 110 Å². The number of nitrogens with zero attached hydrogens (tertiary/aromatic N) is 11. The summed E-state index contributed by atoms with van der Waals surface area (Å²) in [6.45, 7) is 14.5. The van der Waals surface area contributed by atoms with Crippen molar-refractivity contribution in [3.63, 3.8) is 0 Å². The van der Waals surface area contributed by atoms with E-state index in [-0.39, 0.29) is 115 Å². The number of amides is 2. The zero-order valence-corrected chi connectivity index (χ0v) is 75.7. The summed E-state index contributed by atoms with van der Waals surface area (Å²) in [5.41, 5.74) is 8.98. The number of ether oxygens (including phenoxy) is 8. The normalized spacial score (nSPS) is 21.8. The minimum Gasteiger partial charge on any atom is -0.857 e. The quantitative estimate of drug-likeness (QED) is 0.00892. The number of rotatable bonds is 30. The maximum absolute atomic E-state index is 13.0. The van der Waals surface area contributed by atoms with E-state index in [1.165, 1.54) is 38.1 Å². The fraction of sp³-hybridized carbons (Fsp3) is 0.455. The Balaban J connectivity index is 0.000000258. The van der Waals surface area contributed by atoms with Crippen molar-refractivity contribution >= 4 is 81.4 Å². The first-order chi connectivity index (χ1) is 61.7. The van der Waals surface area contributed by atoms with E-state index in [9.17, 15) is 60.1 Å². The monoisotopic (exact) mass is 1800 g/mol.